The number of hydrogen-bond acceptors (Lipinski definition) is 3. The largest absolute Gasteiger partial charge is 0.449 e. The first kappa shape index (κ1) is 12.4. The highest BCUT2D eigenvalue weighted by atomic mass is 32.1. The number of furan rings is 1. The number of nitrogens with zero attached hydrogens (tertiary/aromatic N) is 3. The van der Waals surface area contributed by atoms with Gasteiger partial charge in [-0.15, -0.1) is 0 Å². The first-order valence-corrected chi connectivity index (χ1v) is 7.26. The molecule has 0 atom stereocenters. The number of aromatic nitrogens is 2. The van der Waals surface area contributed by atoms with Crippen molar-refractivity contribution in [3.63, 3.8) is 0 Å². The van der Waals surface area contributed by atoms with Crippen LogP contribution in [-0.2, 0) is 13.1 Å². The lowest BCUT2D eigenvalue weighted by atomic mass is 10.3. The lowest BCUT2D eigenvalue weighted by Crippen LogP contribution is -2.40. The highest BCUT2D eigenvalue weighted by Gasteiger charge is 2.21. The van der Waals surface area contributed by atoms with Crippen LogP contribution < -0.4 is 5.32 Å². The molecular weight excluding hydrogens is 284 g/mol. The van der Waals surface area contributed by atoms with Gasteiger partial charge < -0.3 is 19.2 Å². The Kier molecular flexibility index (Phi) is 2.89. The molecule has 1 N–H and O–H groups in total. The minimum Gasteiger partial charge on any atom is -0.449 e. The van der Waals surface area contributed by atoms with Crippen molar-refractivity contribution in [2.24, 2.45) is 0 Å². The Morgan fingerprint density at radius 2 is 2.10 bits per heavy atom. The lowest BCUT2D eigenvalue weighted by Gasteiger charge is -2.29. The fourth-order valence-corrected chi connectivity index (χ4v) is 2.93. The average molecular weight is 298 g/mol. The van der Waals surface area contributed by atoms with Gasteiger partial charge in [0.25, 0.3) is 0 Å². The van der Waals surface area contributed by atoms with Crippen LogP contribution in [0.5, 0.6) is 0 Å². The third-order valence-electron chi connectivity index (χ3n) is 3.70. The number of para-hydroxylation sites is 2. The van der Waals surface area contributed by atoms with Gasteiger partial charge in [-0.2, -0.15) is 0 Å². The zero-order chi connectivity index (χ0) is 14.2. The summed E-state index contributed by atoms with van der Waals surface area (Å²) in [6, 6.07) is 11.9. The van der Waals surface area contributed by atoms with E-state index in [0.29, 0.717) is 17.5 Å². The molecule has 2 aromatic heterocycles. The zero-order valence-electron chi connectivity index (χ0n) is 11.3. The van der Waals surface area contributed by atoms with Crippen molar-refractivity contribution in [1.29, 1.82) is 0 Å². The van der Waals surface area contributed by atoms with Crippen molar-refractivity contribution in [2.45, 2.75) is 13.1 Å². The third-order valence-corrected chi connectivity index (χ3v) is 4.06. The zero-order valence-corrected chi connectivity index (χ0v) is 12.1. The molecule has 1 aromatic carbocycles. The highest BCUT2D eigenvalue weighted by Crippen LogP contribution is 2.21. The molecular formula is C15H14N4OS. The summed E-state index contributed by atoms with van der Waals surface area (Å²) in [7, 11) is 0. The Labute approximate surface area is 127 Å². The van der Waals surface area contributed by atoms with E-state index in [1.165, 1.54) is 5.52 Å². The third kappa shape index (κ3) is 2.17. The van der Waals surface area contributed by atoms with Gasteiger partial charge in [-0.3, -0.25) is 0 Å². The van der Waals surface area contributed by atoms with Crippen LogP contribution >= 0.6 is 12.2 Å². The molecule has 21 heavy (non-hydrogen) atoms. The number of imidazole rings is 1. The second-order valence-electron chi connectivity index (χ2n) is 5.00. The second kappa shape index (κ2) is 4.89. The molecule has 5 nitrogen and oxygen atoms in total. The van der Waals surface area contributed by atoms with Gasteiger partial charge in [0.05, 0.1) is 23.8 Å². The Hall–Kier alpha value is -2.34. The van der Waals surface area contributed by atoms with Crippen molar-refractivity contribution >= 4 is 34.2 Å². The molecule has 3 heterocycles. The molecule has 0 bridgehead atoms. The van der Waals surface area contributed by atoms with Crippen molar-refractivity contribution in [1.82, 2.24) is 14.5 Å². The predicted molar refractivity (Wildman–Crippen MR) is 85.1 cm³/mol. The van der Waals surface area contributed by atoms with Gasteiger partial charge in [0.2, 0.25) is 0 Å². The standard InChI is InChI=1S/C15H14N4OS/c21-15(17-14-6-3-9-20-14)18-7-8-19-12-5-2-1-4-11(12)16-13(19)10-18/h1-6,9H,7-8,10H2,(H,17,21). The van der Waals surface area contributed by atoms with Gasteiger partial charge >= 0.3 is 0 Å². The van der Waals surface area contributed by atoms with Crippen LogP contribution in [-0.4, -0.2) is 26.1 Å². The molecule has 0 saturated carbocycles. The number of nitrogens with one attached hydrogen (secondary N) is 1. The summed E-state index contributed by atoms with van der Waals surface area (Å²) in [5.41, 5.74) is 2.23. The summed E-state index contributed by atoms with van der Waals surface area (Å²) >= 11 is 5.45. The summed E-state index contributed by atoms with van der Waals surface area (Å²) in [6.07, 6.45) is 1.63. The topological polar surface area (TPSA) is 46.2 Å². The van der Waals surface area contributed by atoms with E-state index in [1.54, 1.807) is 6.26 Å². The molecule has 0 saturated heterocycles. The molecule has 3 aromatic rings. The predicted octanol–water partition coefficient (Wildman–Crippen LogP) is 2.84. The number of thiocarbonyl (C=S) groups is 1. The molecule has 106 valence electrons. The molecule has 0 fully saturated rings. The molecule has 4 rings (SSSR count). The van der Waals surface area contributed by atoms with E-state index in [2.05, 4.69) is 20.9 Å². The fraction of sp³-hybridized carbons (Fsp3) is 0.200. The molecule has 0 aliphatic carbocycles. The SMILES string of the molecule is S=C(Nc1ccco1)N1CCn2c(nc3ccccc32)C1. The molecule has 0 radical (unpaired) electrons. The van der Waals surface area contributed by atoms with E-state index in [0.717, 1.165) is 24.4 Å². The van der Waals surface area contributed by atoms with Crippen LogP contribution in [0, 0.1) is 0 Å². The molecule has 0 unspecified atom stereocenters. The van der Waals surface area contributed by atoms with Gasteiger partial charge in [-0.1, -0.05) is 12.1 Å². The first-order chi connectivity index (χ1) is 10.3. The maximum absolute atomic E-state index is 5.45. The number of benzene rings is 1. The van der Waals surface area contributed by atoms with E-state index < -0.39 is 0 Å². The first-order valence-electron chi connectivity index (χ1n) is 6.85. The summed E-state index contributed by atoms with van der Waals surface area (Å²) in [6.45, 7) is 2.46. The second-order valence-corrected chi connectivity index (χ2v) is 5.38. The van der Waals surface area contributed by atoms with Crippen LogP contribution in [0.3, 0.4) is 0 Å². The Morgan fingerprint density at radius 3 is 2.95 bits per heavy atom. The fourth-order valence-electron chi connectivity index (χ4n) is 2.67. The van der Waals surface area contributed by atoms with Gasteiger partial charge in [-0.05, 0) is 30.4 Å². The Morgan fingerprint density at radius 1 is 1.19 bits per heavy atom. The molecule has 1 aliphatic rings. The number of hydrogen-bond donors (Lipinski definition) is 1. The molecule has 1 aliphatic heterocycles. The maximum atomic E-state index is 5.45. The highest BCUT2D eigenvalue weighted by molar-refractivity contribution is 7.80. The number of fused-ring (bicyclic) bond motifs is 3. The van der Waals surface area contributed by atoms with E-state index in [4.69, 9.17) is 21.6 Å². The Balaban J connectivity index is 1.57. The van der Waals surface area contributed by atoms with E-state index in [9.17, 15) is 0 Å². The van der Waals surface area contributed by atoms with Crippen molar-refractivity contribution in [3.8, 4) is 0 Å². The van der Waals surface area contributed by atoms with Gasteiger partial charge in [0.1, 0.15) is 5.82 Å². The maximum Gasteiger partial charge on any atom is 0.198 e. The lowest BCUT2D eigenvalue weighted by molar-refractivity contribution is 0.337. The molecule has 6 heteroatoms. The molecule has 0 spiro atoms. The minimum absolute atomic E-state index is 0.666. The summed E-state index contributed by atoms with van der Waals surface area (Å²) in [5.74, 6) is 1.71. The van der Waals surface area contributed by atoms with Crippen LogP contribution in [0.4, 0.5) is 5.88 Å². The summed E-state index contributed by atoms with van der Waals surface area (Å²) < 4.78 is 7.53. The normalized spacial score (nSPS) is 14.2. The smallest absolute Gasteiger partial charge is 0.198 e. The van der Waals surface area contributed by atoms with Crippen LogP contribution in [0.2, 0.25) is 0 Å². The quantitative estimate of drug-likeness (QED) is 0.700. The monoisotopic (exact) mass is 298 g/mol. The van der Waals surface area contributed by atoms with Crippen molar-refractivity contribution < 1.29 is 4.42 Å². The van der Waals surface area contributed by atoms with Crippen LogP contribution in [0.25, 0.3) is 11.0 Å². The van der Waals surface area contributed by atoms with Gasteiger partial charge in [0.15, 0.2) is 11.0 Å². The average Bonchev–Trinajstić information content (AvgIpc) is 3.13. The van der Waals surface area contributed by atoms with Gasteiger partial charge in [0, 0.05) is 19.2 Å². The Bertz CT molecular complexity index is 793. The van der Waals surface area contributed by atoms with E-state index >= 15 is 0 Å². The molecule has 0 amide bonds. The summed E-state index contributed by atoms with van der Waals surface area (Å²) in [5, 5.41) is 3.78. The number of rotatable bonds is 1. The van der Waals surface area contributed by atoms with Crippen LogP contribution in [0.15, 0.2) is 47.1 Å². The van der Waals surface area contributed by atoms with E-state index in [-0.39, 0.29) is 0 Å². The summed E-state index contributed by atoms with van der Waals surface area (Å²) in [4.78, 5) is 6.80. The van der Waals surface area contributed by atoms with Gasteiger partial charge in [-0.25, -0.2) is 4.98 Å². The van der Waals surface area contributed by atoms with Crippen LogP contribution in [0.1, 0.15) is 5.82 Å². The van der Waals surface area contributed by atoms with Crippen molar-refractivity contribution in [3.05, 3.63) is 48.5 Å². The van der Waals surface area contributed by atoms with Crippen molar-refractivity contribution in [2.75, 3.05) is 11.9 Å². The number of anilines is 1. The van der Waals surface area contributed by atoms with E-state index in [1.807, 2.05) is 30.3 Å². The minimum atomic E-state index is 0.666.